The summed E-state index contributed by atoms with van der Waals surface area (Å²) in [6.07, 6.45) is 0.0542. The number of nitrogens with two attached hydrogens (primary N) is 1. The lowest BCUT2D eigenvalue weighted by Gasteiger charge is -2.22. The van der Waals surface area contributed by atoms with E-state index in [1.54, 1.807) is 17.8 Å². The summed E-state index contributed by atoms with van der Waals surface area (Å²) in [6.45, 7) is 1.85. The number of rotatable bonds is 4. The SMILES string of the molecule is Cn1c(SCC2COCCO2)nc2cc(S(N)(=O)=O)ccc21. The molecular weight excluding hydrogens is 326 g/mol. The number of thioether (sulfide) groups is 1. The number of aryl methyl sites for hydroxylation is 1. The molecule has 0 amide bonds. The Morgan fingerprint density at radius 1 is 1.45 bits per heavy atom. The summed E-state index contributed by atoms with van der Waals surface area (Å²) in [6, 6.07) is 4.70. The molecule has 2 heterocycles. The zero-order valence-corrected chi connectivity index (χ0v) is 13.7. The van der Waals surface area contributed by atoms with E-state index in [2.05, 4.69) is 4.98 Å². The lowest BCUT2D eigenvalue weighted by Crippen LogP contribution is -2.30. The Morgan fingerprint density at radius 2 is 2.27 bits per heavy atom. The molecule has 2 N–H and O–H groups in total. The van der Waals surface area contributed by atoms with E-state index >= 15 is 0 Å². The first-order valence-corrected chi connectivity index (χ1v) is 9.30. The standard InChI is InChI=1S/C13H17N3O4S2/c1-16-12-3-2-10(22(14,17)18)6-11(12)15-13(16)21-8-9-7-19-4-5-20-9/h2-3,6,9H,4-5,7-8H2,1H3,(H2,14,17,18). The molecule has 1 aliphatic heterocycles. The van der Waals surface area contributed by atoms with E-state index in [1.807, 2.05) is 11.6 Å². The molecule has 1 aromatic heterocycles. The predicted molar refractivity (Wildman–Crippen MR) is 83.4 cm³/mol. The van der Waals surface area contributed by atoms with Gasteiger partial charge in [-0.05, 0) is 18.2 Å². The van der Waals surface area contributed by atoms with Crippen molar-refractivity contribution in [2.75, 3.05) is 25.6 Å². The van der Waals surface area contributed by atoms with Crippen LogP contribution in [-0.4, -0.2) is 49.6 Å². The maximum absolute atomic E-state index is 11.4. The number of ether oxygens (including phenoxy) is 2. The number of aromatic nitrogens is 2. The Hall–Kier alpha value is -1.13. The van der Waals surface area contributed by atoms with Gasteiger partial charge in [-0.25, -0.2) is 18.5 Å². The monoisotopic (exact) mass is 343 g/mol. The second-order valence-corrected chi connectivity index (χ2v) is 7.58. The van der Waals surface area contributed by atoms with E-state index in [0.29, 0.717) is 25.3 Å². The largest absolute Gasteiger partial charge is 0.376 e. The number of sulfonamides is 1. The van der Waals surface area contributed by atoms with Crippen molar-refractivity contribution in [2.45, 2.75) is 16.2 Å². The van der Waals surface area contributed by atoms with E-state index in [0.717, 1.165) is 16.4 Å². The second-order valence-electron chi connectivity index (χ2n) is 5.03. The third-order valence-electron chi connectivity index (χ3n) is 3.42. The minimum atomic E-state index is -3.72. The van der Waals surface area contributed by atoms with Crippen molar-refractivity contribution in [1.29, 1.82) is 0 Å². The molecule has 9 heteroatoms. The van der Waals surface area contributed by atoms with Crippen molar-refractivity contribution < 1.29 is 17.9 Å². The van der Waals surface area contributed by atoms with Crippen molar-refractivity contribution in [1.82, 2.24) is 9.55 Å². The molecule has 1 aromatic carbocycles. The van der Waals surface area contributed by atoms with Crippen LogP contribution < -0.4 is 5.14 Å². The molecule has 0 saturated carbocycles. The molecule has 22 heavy (non-hydrogen) atoms. The molecule has 1 unspecified atom stereocenters. The van der Waals surface area contributed by atoms with Gasteiger partial charge in [0.1, 0.15) is 0 Å². The summed E-state index contributed by atoms with van der Waals surface area (Å²) in [7, 11) is -1.82. The van der Waals surface area contributed by atoms with Crippen molar-refractivity contribution >= 4 is 32.8 Å². The van der Waals surface area contributed by atoms with Crippen LogP contribution in [0.5, 0.6) is 0 Å². The fourth-order valence-electron chi connectivity index (χ4n) is 2.26. The number of fused-ring (bicyclic) bond motifs is 1. The second kappa shape index (κ2) is 6.17. The minimum Gasteiger partial charge on any atom is -0.376 e. The summed E-state index contributed by atoms with van der Waals surface area (Å²) in [5.74, 6) is 0.735. The number of nitrogens with zero attached hydrogens (tertiary/aromatic N) is 2. The van der Waals surface area contributed by atoms with E-state index in [4.69, 9.17) is 14.6 Å². The van der Waals surface area contributed by atoms with Crippen LogP contribution in [0.25, 0.3) is 11.0 Å². The lowest BCUT2D eigenvalue weighted by molar-refractivity contribution is -0.0776. The summed E-state index contributed by atoms with van der Waals surface area (Å²) >= 11 is 1.56. The number of benzene rings is 1. The average Bonchev–Trinajstić information content (AvgIpc) is 2.81. The van der Waals surface area contributed by atoms with Crippen molar-refractivity contribution in [2.24, 2.45) is 12.2 Å². The molecule has 1 atom stereocenters. The normalized spacial score (nSPS) is 19.6. The topological polar surface area (TPSA) is 96.4 Å². The molecule has 7 nitrogen and oxygen atoms in total. The minimum absolute atomic E-state index is 0.0542. The Balaban J connectivity index is 1.82. The zero-order chi connectivity index (χ0) is 15.7. The summed E-state index contributed by atoms with van der Waals surface area (Å²) in [5, 5.41) is 5.95. The van der Waals surface area contributed by atoms with Crippen molar-refractivity contribution in [3.05, 3.63) is 18.2 Å². The Kier molecular flexibility index (Phi) is 4.42. The predicted octanol–water partition coefficient (Wildman–Crippen LogP) is 0.728. The first kappa shape index (κ1) is 15.8. The van der Waals surface area contributed by atoms with Gasteiger partial charge in [-0.1, -0.05) is 11.8 Å². The van der Waals surface area contributed by atoms with Gasteiger partial charge in [0.25, 0.3) is 0 Å². The van der Waals surface area contributed by atoms with Gasteiger partial charge in [0.05, 0.1) is 41.9 Å². The molecule has 1 saturated heterocycles. The van der Waals surface area contributed by atoms with E-state index in [9.17, 15) is 8.42 Å². The van der Waals surface area contributed by atoms with Gasteiger partial charge in [-0.2, -0.15) is 0 Å². The molecule has 2 aromatic rings. The Labute approximate surface area is 132 Å². The maximum atomic E-state index is 11.4. The van der Waals surface area contributed by atoms with Gasteiger partial charge in [-0.15, -0.1) is 0 Å². The average molecular weight is 343 g/mol. The summed E-state index contributed by atoms with van der Waals surface area (Å²) < 4.78 is 35.7. The van der Waals surface area contributed by atoms with Crippen molar-refractivity contribution in [3.63, 3.8) is 0 Å². The van der Waals surface area contributed by atoms with Crippen LogP contribution in [0.3, 0.4) is 0 Å². The maximum Gasteiger partial charge on any atom is 0.238 e. The van der Waals surface area contributed by atoms with Gasteiger partial charge in [-0.3, -0.25) is 0 Å². The molecule has 0 aliphatic carbocycles. The van der Waals surface area contributed by atoms with Gasteiger partial charge < -0.3 is 14.0 Å². The van der Waals surface area contributed by atoms with Crippen LogP contribution in [0.15, 0.2) is 28.3 Å². The number of primary sulfonamides is 1. The number of hydrogen-bond acceptors (Lipinski definition) is 6. The van der Waals surface area contributed by atoms with Crippen LogP contribution in [-0.2, 0) is 26.5 Å². The summed E-state index contributed by atoms with van der Waals surface area (Å²) in [4.78, 5) is 4.55. The molecule has 0 spiro atoms. The van der Waals surface area contributed by atoms with Gasteiger partial charge >= 0.3 is 0 Å². The molecule has 1 fully saturated rings. The highest BCUT2D eigenvalue weighted by Gasteiger charge is 2.17. The van der Waals surface area contributed by atoms with Gasteiger partial charge in [0, 0.05) is 12.8 Å². The third-order valence-corrected chi connectivity index (χ3v) is 5.50. The van der Waals surface area contributed by atoms with E-state index in [-0.39, 0.29) is 11.0 Å². The number of imidazole rings is 1. The zero-order valence-electron chi connectivity index (χ0n) is 12.1. The quantitative estimate of drug-likeness (QED) is 0.822. The highest BCUT2D eigenvalue weighted by molar-refractivity contribution is 7.99. The van der Waals surface area contributed by atoms with Crippen LogP contribution in [0.2, 0.25) is 0 Å². The Morgan fingerprint density at radius 3 is 2.95 bits per heavy atom. The fraction of sp³-hybridized carbons (Fsp3) is 0.462. The fourth-order valence-corrected chi connectivity index (χ4v) is 3.78. The molecule has 0 radical (unpaired) electrons. The molecule has 1 aliphatic rings. The van der Waals surface area contributed by atoms with Crippen LogP contribution in [0.1, 0.15) is 0 Å². The van der Waals surface area contributed by atoms with Crippen LogP contribution >= 0.6 is 11.8 Å². The first-order valence-electron chi connectivity index (χ1n) is 6.76. The molecule has 0 bridgehead atoms. The van der Waals surface area contributed by atoms with Gasteiger partial charge in [0.2, 0.25) is 10.0 Å². The smallest absolute Gasteiger partial charge is 0.238 e. The molecule has 120 valence electrons. The van der Waals surface area contributed by atoms with E-state index in [1.165, 1.54) is 12.1 Å². The molecule has 3 rings (SSSR count). The van der Waals surface area contributed by atoms with Gasteiger partial charge in [0.15, 0.2) is 5.16 Å². The third kappa shape index (κ3) is 3.28. The highest BCUT2D eigenvalue weighted by atomic mass is 32.2. The highest BCUT2D eigenvalue weighted by Crippen LogP contribution is 2.25. The van der Waals surface area contributed by atoms with E-state index < -0.39 is 10.0 Å². The molecular formula is C13H17N3O4S2. The lowest BCUT2D eigenvalue weighted by atomic mass is 10.3. The van der Waals surface area contributed by atoms with Crippen molar-refractivity contribution in [3.8, 4) is 0 Å². The van der Waals surface area contributed by atoms with Crippen LogP contribution in [0.4, 0.5) is 0 Å². The van der Waals surface area contributed by atoms with Crippen LogP contribution in [0, 0.1) is 0 Å². The first-order chi connectivity index (χ1) is 10.4. The summed E-state index contributed by atoms with van der Waals surface area (Å²) in [5.41, 5.74) is 1.47. The Bertz CT molecular complexity index is 782. The number of hydrogen-bond donors (Lipinski definition) is 1.